The lowest BCUT2D eigenvalue weighted by Gasteiger charge is -2.03. The van der Waals surface area contributed by atoms with Crippen molar-refractivity contribution < 1.29 is 9.90 Å². The van der Waals surface area contributed by atoms with Gasteiger partial charge >= 0.3 is 5.97 Å². The van der Waals surface area contributed by atoms with E-state index in [1.54, 1.807) is 30.5 Å². The lowest BCUT2D eigenvalue weighted by molar-refractivity contribution is 0.0697. The second-order valence-corrected chi connectivity index (χ2v) is 4.25. The van der Waals surface area contributed by atoms with Crippen molar-refractivity contribution in [1.29, 1.82) is 0 Å². The van der Waals surface area contributed by atoms with Crippen LogP contribution in [0.25, 0.3) is 22.6 Å². The number of carbonyl (C=O) groups is 1. The van der Waals surface area contributed by atoms with E-state index in [1.165, 1.54) is 0 Å². The molecule has 0 atom stereocenters. The second kappa shape index (κ2) is 4.97. The van der Waals surface area contributed by atoms with Gasteiger partial charge in [-0.2, -0.15) is 0 Å². The molecule has 0 aliphatic rings. The van der Waals surface area contributed by atoms with Gasteiger partial charge in [-0.15, -0.1) is 0 Å². The van der Waals surface area contributed by atoms with E-state index in [0.717, 1.165) is 11.3 Å². The number of nitrogens with zero attached hydrogens (tertiary/aromatic N) is 2. The molecule has 0 aliphatic heterocycles. The molecule has 0 saturated carbocycles. The van der Waals surface area contributed by atoms with Gasteiger partial charge in [0.05, 0.1) is 11.3 Å². The second-order valence-electron chi connectivity index (χ2n) is 4.25. The standard InChI is InChI=1S/C15H11N3O2/c19-15(20)11-3-1-2-10(8-11)14-17-7-5-13(18-14)12-4-6-16-9-12/h1-9,16H,(H,19,20). The molecule has 5 heteroatoms. The highest BCUT2D eigenvalue weighted by Gasteiger charge is 2.08. The summed E-state index contributed by atoms with van der Waals surface area (Å²) < 4.78 is 0. The minimum atomic E-state index is -0.964. The minimum Gasteiger partial charge on any atom is -0.478 e. The van der Waals surface area contributed by atoms with E-state index in [4.69, 9.17) is 5.11 Å². The molecule has 0 spiro atoms. The van der Waals surface area contributed by atoms with E-state index in [1.807, 2.05) is 24.5 Å². The maximum absolute atomic E-state index is 11.0. The van der Waals surface area contributed by atoms with E-state index in [2.05, 4.69) is 15.0 Å². The summed E-state index contributed by atoms with van der Waals surface area (Å²) >= 11 is 0. The maximum atomic E-state index is 11.0. The summed E-state index contributed by atoms with van der Waals surface area (Å²) in [6.07, 6.45) is 5.33. The van der Waals surface area contributed by atoms with Crippen molar-refractivity contribution in [2.24, 2.45) is 0 Å². The molecule has 0 amide bonds. The monoisotopic (exact) mass is 265 g/mol. The summed E-state index contributed by atoms with van der Waals surface area (Å²) in [6.45, 7) is 0. The zero-order valence-corrected chi connectivity index (χ0v) is 10.4. The number of aromatic amines is 1. The topological polar surface area (TPSA) is 78.9 Å². The highest BCUT2D eigenvalue weighted by atomic mass is 16.4. The van der Waals surface area contributed by atoms with E-state index in [9.17, 15) is 4.79 Å². The van der Waals surface area contributed by atoms with E-state index < -0.39 is 5.97 Å². The first-order valence-corrected chi connectivity index (χ1v) is 6.04. The Morgan fingerprint density at radius 2 is 2.05 bits per heavy atom. The predicted molar refractivity (Wildman–Crippen MR) is 74.2 cm³/mol. The molecule has 0 bridgehead atoms. The Hall–Kier alpha value is -2.95. The van der Waals surface area contributed by atoms with Crippen LogP contribution in [0.5, 0.6) is 0 Å². The molecule has 2 aromatic heterocycles. The third kappa shape index (κ3) is 2.29. The van der Waals surface area contributed by atoms with E-state index >= 15 is 0 Å². The van der Waals surface area contributed by atoms with Crippen molar-refractivity contribution >= 4 is 5.97 Å². The molecule has 1 aromatic carbocycles. The number of hydrogen-bond donors (Lipinski definition) is 2. The first-order valence-electron chi connectivity index (χ1n) is 6.04. The van der Waals surface area contributed by atoms with Gasteiger partial charge in [-0.3, -0.25) is 0 Å². The Kier molecular flexibility index (Phi) is 3.01. The largest absolute Gasteiger partial charge is 0.478 e. The van der Waals surface area contributed by atoms with Crippen molar-refractivity contribution in [3.63, 3.8) is 0 Å². The Bertz CT molecular complexity index is 751. The normalized spacial score (nSPS) is 10.4. The Morgan fingerprint density at radius 3 is 2.80 bits per heavy atom. The van der Waals surface area contributed by atoms with Crippen molar-refractivity contribution in [2.45, 2.75) is 0 Å². The Labute approximate surface area is 115 Å². The van der Waals surface area contributed by atoms with Gasteiger partial charge in [-0.25, -0.2) is 14.8 Å². The van der Waals surface area contributed by atoms with Gasteiger partial charge in [-0.1, -0.05) is 12.1 Å². The van der Waals surface area contributed by atoms with Gasteiger partial charge in [0.2, 0.25) is 0 Å². The molecule has 98 valence electrons. The predicted octanol–water partition coefficient (Wildman–Crippen LogP) is 2.84. The molecule has 3 rings (SSSR count). The Balaban J connectivity index is 2.04. The number of carboxylic acids is 1. The van der Waals surface area contributed by atoms with Crippen LogP contribution >= 0.6 is 0 Å². The molecule has 5 nitrogen and oxygen atoms in total. The number of H-pyrrole nitrogens is 1. The number of benzene rings is 1. The third-order valence-corrected chi connectivity index (χ3v) is 2.92. The maximum Gasteiger partial charge on any atom is 0.335 e. The van der Waals surface area contributed by atoms with Crippen LogP contribution in [0.1, 0.15) is 10.4 Å². The zero-order valence-electron chi connectivity index (χ0n) is 10.4. The van der Waals surface area contributed by atoms with Gasteiger partial charge in [0.25, 0.3) is 0 Å². The lowest BCUT2D eigenvalue weighted by atomic mass is 10.1. The number of carboxylic acid groups (broad SMARTS) is 1. The number of aromatic carboxylic acids is 1. The SMILES string of the molecule is O=C(O)c1cccc(-c2nccc(-c3cc[nH]c3)n2)c1. The quantitative estimate of drug-likeness (QED) is 0.763. The zero-order chi connectivity index (χ0) is 13.9. The summed E-state index contributed by atoms with van der Waals surface area (Å²) in [7, 11) is 0. The summed E-state index contributed by atoms with van der Waals surface area (Å²) in [5.41, 5.74) is 2.65. The van der Waals surface area contributed by atoms with Crippen LogP contribution in [0.2, 0.25) is 0 Å². The van der Waals surface area contributed by atoms with E-state index in [0.29, 0.717) is 11.4 Å². The summed E-state index contributed by atoms with van der Waals surface area (Å²) in [5.74, 6) is -0.458. The van der Waals surface area contributed by atoms with Gasteiger partial charge in [0.15, 0.2) is 5.82 Å². The first kappa shape index (κ1) is 12.1. The molecular weight excluding hydrogens is 254 g/mol. The fourth-order valence-corrected chi connectivity index (χ4v) is 1.93. The molecule has 0 fully saturated rings. The lowest BCUT2D eigenvalue weighted by Crippen LogP contribution is -1.97. The number of rotatable bonds is 3. The van der Waals surface area contributed by atoms with Gasteiger partial charge in [0.1, 0.15) is 0 Å². The van der Waals surface area contributed by atoms with Crippen LogP contribution in [-0.2, 0) is 0 Å². The van der Waals surface area contributed by atoms with Crippen molar-refractivity contribution in [2.75, 3.05) is 0 Å². The average Bonchev–Trinajstić information content (AvgIpc) is 3.02. The van der Waals surface area contributed by atoms with Crippen LogP contribution in [0.3, 0.4) is 0 Å². The highest BCUT2D eigenvalue weighted by molar-refractivity contribution is 5.89. The van der Waals surface area contributed by atoms with Crippen molar-refractivity contribution in [1.82, 2.24) is 15.0 Å². The molecule has 0 saturated heterocycles. The molecular formula is C15H11N3O2. The van der Waals surface area contributed by atoms with Gasteiger partial charge < -0.3 is 10.1 Å². The van der Waals surface area contributed by atoms with Crippen LogP contribution in [0, 0.1) is 0 Å². The summed E-state index contributed by atoms with van der Waals surface area (Å²) in [4.78, 5) is 22.6. The molecule has 0 radical (unpaired) electrons. The van der Waals surface area contributed by atoms with Crippen LogP contribution in [0.4, 0.5) is 0 Å². The number of aromatic nitrogens is 3. The van der Waals surface area contributed by atoms with Crippen LogP contribution in [-0.4, -0.2) is 26.0 Å². The summed E-state index contributed by atoms with van der Waals surface area (Å²) in [5, 5.41) is 9.02. The fraction of sp³-hybridized carbons (Fsp3) is 0. The van der Waals surface area contributed by atoms with Crippen LogP contribution in [0.15, 0.2) is 55.0 Å². The van der Waals surface area contributed by atoms with Gasteiger partial charge in [0, 0.05) is 29.7 Å². The van der Waals surface area contributed by atoms with Crippen molar-refractivity contribution in [3.05, 3.63) is 60.6 Å². The number of hydrogen-bond acceptors (Lipinski definition) is 3. The highest BCUT2D eigenvalue weighted by Crippen LogP contribution is 2.21. The number of nitrogens with one attached hydrogen (secondary N) is 1. The molecule has 3 aromatic rings. The smallest absolute Gasteiger partial charge is 0.335 e. The molecule has 0 unspecified atom stereocenters. The van der Waals surface area contributed by atoms with E-state index in [-0.39, 0.29) is 5.56 Å². The minimum absolute atomic E-state index is 0.221. The van der Waals surface area contributed by atoms with Crippen molar-refractivity contribution in [3.8, 4) is 22.6 Å². The fourth-order valence-electron chi connectivity index (χ4n) is 1.93. The molecule has 2 N–H and O–H groups in total. The average molecular weight is 265 g/mol. The first-order chi connectivity index (χ1) is 9.74. The molecule has 0 aliphatic carbocycles. The molecule has 2 heterocycles. The Morgan fingerprint density at radius 1 is 1.15 bits per heavy atom. The summed E-state index contributed by atoms with van der Waals surface area (Å²) in [6, 6.07) is 10.3. The van der Waals surface area contributed by atoms with Gasteiger partial charge in [-0.05, 0) is 24.3 Å². The third-order valence-electron chi connectivity index (χ3n) is 2.92. The van der Waals surface area contributed by atoms with Crippen LogP contribution < -0.4 is 0 Å². The molecule has 20 heavy (non-hydrogen) atoms.